The zero-order valence-electron chi connectivity index (χ0n) is 15.7. The second-order valence-corrected chi connectivity index (χ2v) is 7.15. The second-order valence-electron chi connectivity index (χ2n) is 7.15. The second kappa shape index (κ2) is 8.88. The van der Waals surface area contributed by atoms with Gasteiger partial charge in [0.25, 0.3) is 0 Å². The Bertz CT molecular complexity index is 673. The first-order chi connectivity index (χ1) is 13.1. The summed E-state index contributed by atoms with van der Waals surface area (Å²) in [6.45, 7) is 0.881. The number of amides is 3. The van der Waals surface area contributed by atoms with Crippen LogP contribution in [-0.2, 0) is 14.3 Å². The van der Waals surface area contributed by atoms with Crippen molar-refractivity contribution in [3.05, 3.63) is 30.3 Å². The van der Waals surface area contributed by atoms with Crippen LogP contribution in [0.4, 0.5) is 10.5 Å². The van der Waals surface area contributed by atoms with Crippen LogP contribution < -0.4 is 5.32 Å². The zero-order chi connectivity index (χ0) is 19.2. The summed E-state index contributed by atoms with van der Waals surface area (Å²) in [5.74, 6) is -0.472. The molecule has 7 nitrogen and oxygen atoms in total. The predicted molar refractivity (Wildman–Crippen MR) is 101 cm³/mol. The highest BCUT2D eigenvalue weighted by Gasteiger charge is 2.40. The predicted octanol–water partition coefficient (Wildman–Crippen LogP) is 2.48. The Morgan fingerprint density at radius 3 is 2.41 bits per heavy atom. The number of piperazine rings is 1. The van der Waals surface area contributed by atoms with E-state index in [1.807, 2.05) is 18.2 Å². The van der Waals surface area contributed by atoms with Crippen LogP contribution in [-0.4, -0.2) is 60.5 Å². The number of esters is 1. The van der Waals surface area contributed by atoms with Crippen LogP contribution in [0.3, 0.4) is 0 Å². The molecule has 0 spiro atoms. The summed E-state index contributed by atoms with van der Waals surface area (Å²) in [6, 6.07) is 8.14. The maximum atomic E-state index is 13.0. The van der Waals surface area contributed by atoms with Gasteiger partial charge in [-0.3, -0.25) is 4.79 Å². The molecule has 27 heavy (non-hydrogen) atoms. The minimum Gasteiger partial charge on any atom is -0.467 e. The normalized spacial score (nSPS) is 20.9. The number of nitrogens with one attached hydrogen (secondary N) is 1. The third kappa shape index (κ3) is 4.59. The smallest absolute Gasteiger partial charge is 0.330 e. The molecule has 1 aromatic carbocycles. The molecule has 146 valence electrons. The lowest BCUT2D eigenvalue weighted by Crippen LogP contribution is -2.61. The van der Waals surface area contributed by atoms with Crippen LogP contribution in [0.2, 0.25) is 0 Å². The molecule has 0 bridgehead atoms. The van der Waals surface area contributed by atoms with E-state index in [1.54, 1.807) is 21.9 Å². The molecule has 0 radical (unpaired) electrons. The van der Waals surface area contributed by atoms with E-state index in [-0.39, 0.29) is 24.4 Å². The van der Waals surface area contributed by atoms with Gasteiger partial charge < -0.3 is 19.9 Å². The number of rotatable bonds is 3. The first kappa shape index (κ1) is 19.2. The molecule has 1 aliphatic carbocycles. The molecule has 3 amide bonds. The first-order valence-corrected chi connectivity index (χ1v) is 9.59. The number of benzene rings is 1. The Morgan fingerprint density at radius 1 is 1.04 bits per heavy atom. The van der Waals surface area contributed by atoms with Gasteiger partial charge in [0.2, 0.25) is 5.91 Å². The maximum absolute atomic E-state index is 13.0. The molecular formula is C20H27N3O4. The van der Waals surface area contributed by atoms with Crippen LogP contribution in [0.15, 0.2) is 30.3 Å². The van der Waals surface area contributed by atoms with Crippen molar-refractivity contribution in [3.8, 4) is 0 Å². The van der Waals surface area contributed by atoms with Gasteiger partial charge in [0.05, 0.1) is 13.7 Å². The minimum atomic E-state index is -0.750. The molecule has 1 aliphatic heterocycles. The van der Waals surface area contributed by atoms with Crippen molar-refractivity contribution >= 4 is 23.6 Å². The molecule has 1 atom stereocenters. The SMILES string of the molecule is COC(=O)[C@H]1CN(C(=O)Nc2ccccc2)CCN1C(=O)C1CCCCC1. The number of carbonyl (C=O) groups is 3. The Labute approximate surface area is 159 Å². The van der Waals surface area contributed by atoms with Gasteiger partial charge in [0.15, 0.2) is 0 Å². The van der Waals surface area contributed by atoms with E-state index in [4.69, 9.17) is 4.74 Å². The summed E-state index contributed by atoms with van der Waals surface area (Å²) >= 11 is 0. The highest BCUT2D eigenvalue weighted by atomic mass is 16.5. The van der Waals surface area contributed by atoms with Crippen LogP contribution >= 0.6 is 0 Å². The van der Waals surface area contributed by atoms with E-state index >= 15 is 0 Å². The molecule has 2 fully saturated rings. The lowest BCUT2D eigenvalue weighted by molar-refractivity contribution is -0.157. The number of para-hydroxylation sites is 1. The van der Waals surface area contributed by atoms with Crippen molar-refractivity contribution in [1.29, 1.82) is 0 Å². The van der Waals surface area contributed by atoms with Crippen molar-refractivity contribution < 1.29 is 19.1 Å². The van der Waals surface area contributed by atoms with Crippen LogP contribution in [0.5, 0.6) is 0 Å². The zero-order valence-corrected chi connectivity index (χ0v) is 15.7. The monoisotopic (exact) mass is 373 g/mol. The van der Waals surface area contributed by atoms with Crippen molar-refractivity contribution in [2.24, 2.45) is 5.92 Å². The molecule has 1 saturated carbocycles. The van der Waals surface area contributed by atoms with Gasteiger partial charge >= 0.3 is 12.0 Å². The average molecular weight is 373 g/mol. The summed E-state index contributed by atoms with van der Waals surface area (Å²) in [5.41, 5.74) is 0.692. The lowest BCUT2D eigenvalue weighted by Gasteiger charge is -2.41. The Balaban J connectivity index is 1.67. The largest absolute Gasteiger partial charge is 0.467 e. The van der Waals surface area contributed by atoms with Crippen LogP contribution in [0.1, 0.15) is 32.1 Å². The van der Waals surface area contributed by atoms with E-state index in [9.17, 15) is 14.4 Å². The average Bonchev–Trinajstić information content (AvgIpc) is 2.73. The maximum Gasteiger partial charge on any atom is 0.330 e. The fourth-order valence-corrected chi connectivity index (χ4v) is 3.88. The topological polar surface area (TPSA) is 79.0 Å². The molecule has 1 N–H and O–H groups in total. The van der Waals surface area contributed by atoms with Gasteiger partial charge in [-0.05, 0) is 25.0 Å². The highest BCUT2D eigenvalue weighted by Crippen LogP contribution is 2.27. The van der Waals surface area contributed by atoms with E-state index in [0.717, 1.165) is 32.1 Å². The van der Waals surface area contributed by atoms with E-state index in [2.05, 4.69) is 5.32 Å². The first-order valence-electron chi connectivity index (χ1n) is 9.59. The molecule has 1 heterocycles. The molecule has 0 unspecified atom stereocenters. The number of nitrogens with zero attached hydrogens (tertiary/aromatic N) is 2. The van der Waals surface area contributed by atoms with E-state index < -0.39 is 12.0 Å². The molecule has 1 aromatic rings. The van der Waals surface area contributed by atoms with Crippen molar-refractivity contribution in [2.75, 3.05) is 32.1 Å². The van der Waals surface area contributed by atoms with Gasteiger partial charge in [-0.1, -0.05) is 37.5 Å². The van der Waals surface area contributed by atoms with E-state index in [0.29, 0.717) is 18.8 Å². The Morgan fingerprint density at radius 2 is 1.74 bits per heavy atom. The lowest BCUT2D eigenvalue weighted by atomic mass is 9.87. The van der Waals surface area contributed by atoms with Gasteiger partial charge in [-0.25, -0.2) is 9.59 Å². The number of methoxy groups -OCH3 is 1. The Hall–Kier alpha value is -2.57. The van der Waals surface area contributed by atoms with Gasteiger partial charge in [-0.15, -0.1) is 0 Å². The van der Waals surface area contributed by atoms with Gasteiger partial charge in [0.1, 0.15) is 6.04 Å². The molecule has 3 rings (SSSR count). The molecule has 0 aromatic heterocycles. The third-order valence-electron chi connectivity index (χ3n) is 5.40. The summed E-state index contributed by atoms with van der Waals surface area (Å²) in [6.07, 6.45) is 5.03. The van der Waals surface area contributed by atoms with Crippen LogP contribution in [0, 0.1) is 5.92 Å². The number of urea groups is 1. The fourth-order valence-electron chi connectivity index (χ4n) is 3.88. The van der Waals surface area contributed by atoms with Crippen LogP contribution in [0.25, 0.3) is 0 Å². The molecule has 1 saturated heterocycles. The van der Waals surface area contributed by atoms with Crippen molar-refractivity contribution in [1.82, 2.24) is 9.80 Å². The van der Waals surface area contributed by atoms with E-state index in [1.165, 1.54) is 7.11 Å². The summed E-state index contributed by atoms with van der Waals surface area (Å²) in [7, 11) is 1.31. The number of carbonyl (C=O) groups excluding carboxylic acids is 3. The summed E-state index contributed by atoms with van der Waals surface area (Å²) in [4.78, 5) is 41.0. The summed E-state index contributed by atoms with van der Waals surface area (Å²) < 4.78 is 4.91. The summed E-state index contributed by atoms with van der Waals surface area (Å²) in [5, 5.41) is 2.83. The fraction of sp³-hybridized carbons (Fsp3) is 0.550. The minimum absolute atomic E-state index is 0.0180. The van der Waals surface area contributed by atoms with Crippen molar-refractivity contribution in [3.63, 3.8) is 0 Å². The molecule has 7 heteroatoms. The van der Waals surface area contributed by atoms with Gasteiger partial charge in [-0.2, -0.15) is 0 Å². The molecular weight excluding hydrogens is 346 g/mol. The quantitative estimate of drug-likeness (QED) is 0.826. The Kier molecular flexibility index (Phi) is 6.32. The van der Waals surface area contributed by atoms with Gasteiger partial charge in [0, 0.05) is 24.7 Å². The standard InChI is InChI=1S/C20H27N3O4/c1-27-19(25)17-14-22(20(26)21-16-10-6-3-7-11-16)12-13-23(17)18(24)15-8-4-2-5-9-15/h3,6-7,10-11,15,17H,2,4-5,8-9,12-14H2,1H3,(H,21,26)/t17-/m1/s1. The van der Waals surface area contributed by atoms with Crippen molar-refractivity contribution in [2.45, 2.75) is 38.1 Å². The highest BCUT2D eigenvalue weighted by molar-refractivity contribution is 5.91. The molecule has 2 aliphatic rings. The number of hydrogen-bond donors (Lipinski definition) is 1. The number of hydrogen-bond acceptors (Lipinski definition) is 4. The number of anilines is 1. The third-order valence-corrected chi connectivity index (χ3v) is 5.40. The number of ether oxygens (including phenoxy) is 1.